The maximum atomic E-state index is 13.6. The van der Waals surface area contributed by atoms with Crippen molar-refractivity contribution < 1.29 is 23.2 Å². The van der Waals surface area contributed by atoms with Crippen molar-refractivity contribution in [2.24, 2.45) is 0 Å². The summed E-state index contributed by atoms with van der Waals surface area (Å²) in [4.78, 5) is 24.0. The number of aliphatic hydroxyl groups excluding tert-OH is 1. The number of benzene rings is 3. The van der Waals surface area contributed by atoms with E-state index < -0.39 is 38.9 Å². The average molecular weight is 467 g/mol. The number of hydrogen-bond acceptors (Lipinski definition) is 6. The van der Waals surface area contributed by atoms with Gasteiger partial charge in [0.25, 0.3) is 5.69 Å². The topological polar surface area (TPSA) is 118 Å². The van der Waals surface area contributed by atoms with Gasteiger partial charge < -0.3 is 5.11 Å². The number of Topliss-reactive ketones (excluding diaryl/α,β-unsaturated/α-hetero) is 1. The molecule has 170 valence electrons. The van der Waals surface area contributed by atoms with Crippen molar-refractivity contribution in [1.82, 2.24) is 4.31 Å². The molecule has 3 atom stereocenters. The lowest BCUT2D eigenvalue weighted by molar-refractivity contribution is -0.384. The predicted molar refractivity (Wildman–Crippen MR) is 121 cm³/mol. The molecule has 1 heterocycles. The number of aryl methyl sites for hydroxylation is 1. The smallest absolute Gasteiger partial charge is 0.269 e. The second kappa shape index (κ2) is 8.86. The Morgan fingerprint density at radius 3 is 2.18 bits per heavy atom. The minimum Gasteiger partial charge on any atom is -0.377 e. The van der Waals surface area contributed by atoms with Crippen LogP contribution in [0.5, 0.6) is 0 Å². The molecule has 0 spiro atoms. The first-order chi connectivity index (χ1) is 15.7. The van der Waals surface area contributed by atoms with Gasteiger partial charge in [0.1, 0.15) is 6.23 Å². The van der Waals surface area contributed by atoms with E-state index in [4.69, 9.17) is 0 Å². The van der Waals surface area contributed by atoms with Gasteiger partial charge in [-0.1, -0.05) is 60.2 Å². The molecule has 0 saturated carbocycles. The second-order valence-corrected chi connectivity index (χ2v) is 9.84. The standard InChI is InChI=1S/C24H22N2O6S/c1-16-7-13-20(14-8-16)33(31,32)25-22(27)15-21(17-9-11-19(12-10-17)26(29)30)23(25)24(28)18-5-3-2-4-6-18/h2-14,21-23,27H,15H2,1H3/t21-,22?,23-/m0/s1. The summed E-state index contributed by atoms with van der Waals surface area (Å²) in [6.07, 6.45) is -1.46. The van der Waals surface area contributed by atoms with Gasteiger partial charge in [0, 0.05) is 23.6 Å². The van der Waals surface area contributed by atoms with Gasteiger partial charge in [0.2, 0.25) is 10.0 Å². The number of carbonyl (C=O) groups is 1. The van der Waals surface area contributed by atoms with E-state index in [1.165, 1.54) is 36.4 Å². The molecule has 1 aliphatic heterocycles. The second-order valence-electron chi connectivity index (χ2n) is 7.99. The summed E-state index contributed by atoms with van der Waals surface area (Å²) in [6.45, 7) is 1.83. The van der Waals surface area contributed by atoms with E-state index in [-0.39, 0.29) is 17.0 Å². The highest BCUT2D eigenvalue weighted by atomic mass is 32.2. The van der Waals surface area contributed by atoms with Gasteiger partial charge >= 0.3 is 0 Å². The van der Waals surface area contributed by atoms with E-state index in [1.54, 1.807) is 42.5 Å². The third kappa shape index (κ3) is 4.30. The molecular weight excluding hydrogens is 444 g/mol. The quantitative estimate of drug-likeness (QED) is 0.337. The SMILES string of the molecule is Cc1ccc(S(=O)(=O)N2C(O)C[C@@H](c3ccc([N+](=O)[O-])cc3)[C@H]2C(=O)c2ccccc2)cc1. The van der Waals surface area contributed by atoms with Crippen molar-refractivity contribution in [3.05, 3.63) is 106 Å². The highest BCUT2D eigenvalue weighted by molar-refractivity contribution is 7.89. The van der Waals surface area contributed by atoms with E-state index >= 15 is 0 Å². The largest absolute Gasteiger partial charge is 0.377 e. The minimum atomic E-state index is -4.22. The van der Waals surface area contributed by atoms with Gasteiger partial charge in [-0.2, -0.15) is 4.31 Å². The fourth-order valence-electron chi connectivity index (χ4n) is 4.20. The average Bonchev–Trinajstić information content (AvgIpc) is 3.17. The van der Waals surface area contributed by atoms with Gasteiger partial charge in [0.15, 0.2) is 5.78 Å². The molecule has 9 heteroatoms. The van der Waals surface area contributed by atoms with Crippen molar-refractivity contribution in [2.75, 3.05) is 0 Å². The highest BCUT2D eigenvalue weighted by Gasteiger charge is 2.51. The number of sulfonamides is 1. The van der Waals surface area contributed by atoms with Crippen LogP contribution in [0.15, 0.2) is 83.8 Å². The number of ketones is 1. The van der Waals surface area contributed by atoms with Crippen molar-refractivity contribution in [3.8, 4) is 0 Å². The van der Waals surface area contributed by atoms with Crippen molar-refractivity contribution >= 4 is 21.5 Å². The van der Waals surface area contributed by atoms with Crippen LogP contribution >= 0.6 is 0 Å². The molecule has 0 aliphatic carbocycles. The van der Waals surface area contributed by atoms with E-state index in [0.717, 1.165) is 9.87 Å². The van der Waals surface area contributed by atoms with E-state index in [9.17, 15) is 28.4 Å². The molecule has 3 aromatic carbocycles. The molecule has 1 unspecified atom stereocenters. The summed E-state index contributed by atoms with van der Waals surface area (Å²) in [7, 11) is -4.22. The van der Waals surface area contributed by atoms with Crippen LogP contribution in [0.1, 0.15) is 33.8 Å². The molecule has 8 nitrogen and oxygen atoms in total. The summed E-state index contributed by atoms with van der Waals surface area (Å²) in [6, 6.07) is 18.9. The minimum absolute atomic E-state index is 0.0217. The Morgan fingerprint density at radius 2 is 1.61 bits per heavy atom. The first-order valence-electron chi connectivity index (χ1n) is 10.3. The fraction of sp³-hybridized carbons (Fsp3) is 0.208. The summed E-state index contributed by atoms with van der Waals surface area (Å²) < 4.78 is 28.0. The zero-order chi connectivity index (χ0) is 23.8. The molecule has 1 saturated heterocycles. The Morgan fingerprint density at radius 1 is 1.00 bits per heavy atom. The molecule has 0 aromatic heterocycles. The lowest BCUT2D eigenvalue weighted by atomic mass is 9.87. The van der Waals surface area contributed by atoms with Gasteiger partial charge in [-0.15, -0.1) is 0 Å². The monoisotopic (exact) mass is 466 g/mol. The molecule has 1 fully saturated rings. The lowest BCUT2D eigenvalue weighted by Crippen LogP contribution is -2.46. The van der Waals surface area contributed by atoms with Crippen molar-refractivity contribution in [3.63, 3.8) is 0 Å². The van der Waals surface area contributed by atoms with Crippen molar-refractivity contribution in [1.29, 1.82) is 0 Å². The lowest BCUT2D eigenvalue weighted by Gasteiger charge is -2.28. The van der Waals surface area contributed by atoms with Crippen LogP contribution in [0.2, 0.25) is 0 Å². The van der Waals surface area contributed by atoms with Crippen LogP contribution in [0, 0.1) is 17.0 Å². The summed E-state index contributed by atoms with van der Waals surface area (Å²) in [5.41, 5.74) is 1.60. The summed E-state index contributed by atoms with van der Waals surface area (Å²) in [5.74, 6) is -1.14. The van der Waals surface area contributed by atoms with Crippen LogP contribution in [-0.2, 0) is 10.0 Å². The van der Waals surface area contributed by atoms with Crippen LogP contribution in [-0.4, -0.2) is 40.8 Å². The number of nitro benzene ring substituents is 1. The number of aliphatic hydroxyl groups is 1. The first kappa shape index (κ1) is 22.8. The molecule has 0 amide bonds. The van der Waals surface area contributed by atoms with E-state index in [0.29, 0.717) is 11.1 Å². The predicted octanol–water partition coefficient (Wildman–Crippen LogP) is 3.65. The molecular formula is C24H22N2O6S. The highest BCUT2D eigenvalue weighted by Crippen LogP contribution is 2.42. The van der Waals surface area contributed by atoms with Gasteiger partial charge in [0.05, 0.1) is 15.9 Å². The molecule has 33 heavy (non-hydrogen) atoms. The number of rotatable bonds is 6. The zero-order valence-electron chi connectivity index (χ0n) is 17.7. The molecule has 4 rings (SSSR count). The number of nitrogens with zero attached hydrogens (tertiary/aromatic N) is 2. The molecule has 1 aliphatic rings. The third-order valence-corrected chi connectivity index (χ3v) is 7.76. The van der Waals surface area contributed by atoms with Gasteiger partial charge in [-0.05, 0) is 31.0 Å². The molecule has 0 bridgehead atoms. The molecule has 3 aromatic rings. The van der Waals surface area contributed by atoms with Crippen molar-refractivity contribution in [2.45, 2.75) is 36.4 Å². The van der Waals surface area contributed by atoms with Gasteiger partial charge in [-0.25, -0.2) is 8.42 Å². The van der Waals surface area contributed by atoms with Crippen LogP contribution in [0.25, 0.3) is 0 Å². The summed E-state index contributed by atoms with van der Waals surface area (Å²) >= 11 is 0. The van der Waals surface area contributed by atoms with Crippen LogP contribution < -0.4 is 0 Å². The maximum absolute atomic E-state index is 13.6. The third-order valence-electron chi connectivity index (χ3n) is 5.87. The van der Waals surface area contributed by atoms with E-state index in [1.807, 2.05) is 6.92 Å². The Labute approximate surface area is 191 Å². The Balaban J connectivity index is 1.82. The number of nitro groups is 1. The Bertz CT molecular complexity index is 1270. The Kier molecular flexibility index (Phi) is 6.11. The number of non-ortho nitro benzene ring substituents is 1. The van der Waals surface area contributed by atoms with Crippen LogP contribution in [0.4, 0.5) is 5.69 Å². The number of carbonyl (C=O) groups excluding carboxylic acids is 1. The fourth-order valence-corrected chi connectivity index (χ4v) is 5.87. The Hall–Kier alpha value is -3.40. The first-order valence-corrected chi connectivity index (χ1v) is 11.8. The van der Waals surface area contributed by atoms with Crippen LogP contribution in [0.3, 0.4) is 0 Å². The van der Waals surface area contributed by atoms with Gasteiger partial charge in [-0.3, -0.25) is 14.9 Å². The maximum Gasteiger partial charge on any atom is 0.269 e. The molecule has 0 radical (unpaired) electrons. The molecule has 1 N–H and O–H groups in total. The van der Waals surface area contributed by atoms with E-state index in [2.05, 4.69) is 0 Å². The summed E-state index contributed by atoms with van der Waals surface area (Å²) in [5, 5.41) is 21.9. The number of hydrogen-bond donors (Lipinski definition) is 1. The zero-order valence-corrected chi connectivity index (χ0v) is 18.6. The normalized spacial score (nSPS) is 21.1.